The van der Waals surface area contributed by atoms with Crippen LogP contribution in [0.4, 0.5) is 5.69 Å². The topological polar surface area (TPSA) is 29.1 Å². The molecule has 0 aliphatic heterocycles. The maximum Gasteiger partial charge on any atom is 0.256 e. The summed E-state index contributed by atoms with van der Waals surface area (Å²) in [5.41, 5.74) is 0.896. The maximum atomic E-state index is 12.2. The van der Waals surface area contributed by atoms with Crippen molar-refractivity contribution in [2.45, 2.75) is 4.90 Å². The zero-order valence-electron chi connectivity index (χ0n) is 9.75. The molecule has 104 valence electrons. The van der Waals surface area contributed by atoms with E-state index in [0.29, 0.717) is 25.6 Å². The number of hydrogen-bond donors (Lipinski definition) is 2. The van der Waals surface area contributed by atoms with Gasteiger partial charge in [-0.1, -0.05) is 39.1 Å². The van der Waals surface area contributed by atoms with Gasteiger partial charge in [-0.25, -0.2) is 0 Å². The lowest BCUT2D eigenvalue weighted by Gasteiger charge is -2.10. The van der Waals surface area contributed by atoms with Gasteiger partial charge in [0.1, 0.15) is 0 Å². The Balaban J connectivity index is 2.30. The molecule has 20 heavy (non-hydrogen) atoms. The van der Waals surface area contributed by atoms with Crippen molar-refractivity contribution in [3.05, 3.63) is 54.9 Å². The summed E-state index contributed by atoms with van der Waals surface area (Å²) in [6.45, 7) is 0. The molecule has 0 bridgehead atoms. The van der Waals surface area contributed by atoms with Crippen LogP contribution in [0.3, 0.4) is 0 Å². The van der Waals surface area contributed by atoms with E-state index >= 15 is 0 Å². The van der Waals surface area contributed by atoms with E-state index in [4.69, 9.17) is 23.2 Å². The van der Waals surface area contributed by atoms with Gasteiger partial charge in [0, 0.05) is 13.8 Å². The van der Waals surface area contributed by atoms with Crippen LogP contribution in [0.25, 0.3) is 0 Å². The van der Waals surface area contributed by atoms with Crippen molar-refractivity contribution in [2.75, 3.05) is 5.32 Å². The summed E-state index contributed by atoms with van der Waals surface area (Å²) in [7, 11) is 0. The van der Waals surface area contributed by atoms with Gasteiger partial charge in [0.05, 0.1) is 21.3 Å². The number of rotatable bonds is 2. The molecular weight excluding hydrogens is 449 g/mol. The normalized spacial score (nSPS) is 10.4. The highest BCUT2D eigenvalue weighted by Crippen LogP contribution is 2.36. The Morgan fingerprint density at radius 3 is 2.45 bits per heavy atom. The number of anilines is 1. The van der Waals surface area contributed by atoms with Crippen LogP contribution in [-0.4, -0.2) is 5.91 Å². The first kappa shape index (κ1) is 16.2. The molecule has 0 radical (unpaired) electrons. The predicted octanol–water partition coefficient (Wildman–Crippen LogP) is 6.06. The van der Waals surface area contributed by atoms with Gasteiger partial charge >= 0.3 is 0 Å². The minimum absolute atomic E-state index is 0.284. The molecule has 0 fully saturated rings. The first-order valence-corrected chi connectivity index (χ1v) is 8.12. The van der Waals surface area contributed by atoms with Gasteiger partial charge in [0.15, 0.2) is 0 Å². The van der Waals surface area contributed by atoms with Crippen molar-refractivity contribution in [1.82, 2.24) is 0 Å². The van der Waals surface area contributed by atoms with Crippen LogP contribution in [-0.2, 0) is 0 Å². The van der Waals surface area contributed by atoms with Gasteiger partial charge in [-0.05, 0) is 46.3 Å². The van der Waals surface area contributed by atoms with E-state index in [0.717, 1.165) is 4.47 Å². The lowest BCUT2D eigenvalue weighted by Crippen LogP contribution is -2.13. The van der Waals surface area contributed by atoms with Crippen molar-refractivity contribution in [3.63, 3.8) is 0 Å². The molecule has 0 aliphatic rings. The van der Waals surface area contributed by atoms with Crippen molar-refractivity contribution >= 4 is 79.3 Å². The first-order chi connectivity index (χ1) is 9.40. The average Bonchev–Trinajstić information content (AvgIpc) is 2.39. The van der Waals surface area contributed by atoms with Crippen LogP contribution >= 0.6 is 67.7 Å². The van der Waals surface area contributed by atoms with Crippen LogP contribution in [0, 0.1) is 0 Å². The van der Waals surface area contributed by atoms with Crippen LogP contribution in [0.5, 0.6) is 0 Å². The van der Waals surface area contributed by atoms with Gasteiger partial charge in [-0.3, -0.25) is 4.79 Å². The molecule has 0 aromatic heterocycles. The summed E-state index contributed by atoms with van der Waals surface area (Å²) in [4.78, 5) is 12.8. The molecule has 2 aromatic carbocycles. The summed E-state index contributed by atoms with van der Waals surface area (Å²) in [6, 6.07) is 8.58. The molecule has 0 saturated heterocycles. The average molecular weight is 456 g/mol. The lowest BCUT2D eigenvalue weighted by molar-refractivity contribution is 0.102. The number of halogens is 4. The van der Waals surface area contributed by atoms with E-state index in [1.54, 1.807) is 30.3 Å². The number of amides is 1. The fourth-order valence-corrected chi connectivity index (χ4v) is 3.18. The molecule has 1 N–H and O–H groups in total. The standard InChI is InChI=1S/C13H7Br2Cl2NOS/c14-6-1-2-7(10(20)5-6)13(19)18-9-4-3-8(15)11(16)12(9)17/h1-5,20H,(H,18,19). The summed E-state index contributed by atoms with van der Waals surface area (Å²) >= 11 is 23.0. The molecule has 1 amide bonds. The smallest absolute Gasteiger partial charge is 0.256 e. The van der Waals surface area contributed by atoms with E-state index in [1.165, 1.54) is 0 Å². The number of hydrogen-bond acceptors (Lipinski definition) is 2. The molecule has 2 nitrogen and oxygen atoms in total. The minimum atomic E-state index is -0.303. The Morgan fingerprint density at radius 2 is 1.80 bits per heavy atom. The number of nitrogens with one attached hydrogen (secondary N) is 1. The summed E-state index contributed by atoms with van der Waals surface area (Å²) in [6.07, 6.45) is 0. The fourth-order valence-electron chi connectivity index (χ4n) is 1.51. The summed E-state index contributed by atoms with van der Waals surface area (Å²) < 4.78 is 1.52. The second-order valence-electron chi connectivity index (χ2n) is 3.84. The number of benzene rings is 2. The zero-order chi connectivity index (χ0) is 14.9. The third-order valence-corrected chi connectivity index (χ3v) is 5.12. The summed E-state index contributed by atoms with van der Waals surface area (Å²) in [5.74, 6) is -0.303. The van der Waals surface area contributed by atoms with Gasteiger partial charge < -0.3 is 5.32 Å². The van der Waals surface area contributed by atoms with Crippen LogP contribution < -0.4 is 5.32 Å². The Morgan fingerprint density at radius 1 is 1.10 bits per heavy atom. The molecule has 2 aromatic rings. The highest BCUT2D eigenvalue weighted by molar-refractivity contribution is 9.10. The van der Waals surface area contributed by atoms with Crippen LogP contribution in [0.1, 0.15) is 10.4 Å². The number of carbonyl (C=O) groups is 1. The van der Waals surface area contributed by atoms with E-state index in [-0.39, 0.29) is 10.9 Å². The molecule has 2 rings (SSSR count). The van der Waals surface area contributed by atoms with E-state index < -0.39 is 0 Å². The fraction of sp³-hybridized carbons (Fsp3) is 0. The van der Waals surface area contributed by atoms with Gasteiger partial charge in [0.25, 0.3) is 5.91 Å². The Labute approximate surface area is 148 Å². The second-order valence-corrected chi connectivity index (χ2v) is 6.85. The van der Waals surface area contributed by atoms with Gasteiger partial charge in [-0.15, -0.1) is 12.6 Å². The molecule has 0 heterocycles. The van der Waals surface area contributed by atoms with Gasteiger partial charge in [-0.2, -0.15) is 0 Å². The van der Waals surface area contributed by atoms with Gasteiger partial charge in [0.2, 0.25) is 0 Å². The van der Waals surface area contributed by atoms with Crippen molar-refractivity contribution in [1.29, 1.82) is 0 Å². The molecule has 7 heteroatoms. The first-order valence-electron chi connectivity index (χ1n) is 5.33. The number of thiol groups is 1. The minimum Gasteiger partial charge on any atom is -0.321 e. The Kier molecular flexibility index (Phi) is 5.42. The number of carbonyl (C=O) groups excluding carboxylic acids is 1. The SMILES string of the molecule is O=C(Nc1ccc(Br)c(Cl)c1Cl)c1ccc(Br)cc1S. The highest BCUT2D eigenvalue weighted by Gasteiger charge is 2.14. The largest absolute Gasteiger partial charge is 0.321 e. The highest BCUT2D eigenvalue weighted by atomic mass is 79.9. The molecule has 0 aliphatic carbocycles. The second kappa shape index (κ2) is 6.71. The van der Waals surface area contributed by atoms with E-state index in [2.05, 4.69) is 49.8 Å². The Bertz CT molecular complexity index is 694. The van der Waals surface area contributed by atoms with Crippen molar-refractivity contribution in [3.8, 4) is 0 Å². The maximum absolute atomic E-state index is 12.2. The molecule has 0 saturated carbocycles. The van der Waals surface area contributed by atoms with E-state index in [9.17, 15) is 4.79 Å². The predicted molar refractivity (Wildman–Crippen MR) is 93.5 cm³/mol. The summed E-state index contributed by atoms with van der Waals surface area (Å²) in [5, 5.41) is 3.35. The van der Waals surface area contributed by atoms with Crippen molar-refractivity contribution < 1.29 is 4.79 Å². The quantitative estimate of drug-likeness (QED) is 0.418. The molecule has 0 atom stereocenters. The monoisotopic (exact) mass is 453 g/mol. The molecular formula is C13H7Br2Cl2NOS. The van der Waals surface area contributed by atoms with E-state index in [1.807, 2.05) is 0 Å². The van der Waals surface area contributed by atoms with Crippen LogP contribution in [0.2, 0.25) is 10.0 Å². The Hall–Kier alpha value is -0.200. The molecule has 0 unspecified atom stereocenters. The van der Waals surface area contributed by atoms with Crippen molar-refractivity contribution in [2.24, 2.45) is 0 Å². The zero-order valence-corrected chi connectivity index (χ0v) is 15.3. The third-order valence-electron chi connectivity index (χ3n) is 2.49. The third kappa shape index (κ3) is 3.52. The lowest BCUT2D eigenvalue weighted by atomic mass is 10.2. The molecule has 0 spiro atoms. The van der Waals surface area contributed by atoms with Crippen LogP contribution in [0.15, 0.2) is 44.2 Å².